The maximum Gasteiger partial charge on any atom is 0.0431 e. The number of rotatable bonds is 5. The molecule has 0 saturated heterocycles. The third-order valence-electron chi connectivity index (χ3n) is 3.72. The number of unbranched alkanes of at least 4 members (excludes halogenated alkanes) is 1. The summed E-state index contributed by atoms with van der Waals surface area (Å²) in [4.78, 5) is 0. The van der Waals surface area contributed by atoms with E-state index < -0.39 is 0 Å². The molecule has 0 saturated carbocycles. The summed E-state index contributed by atoms with van der Waals surface area (Å²) in [5.41, 5.74) is 12.9. The number of hydrogen-bond acceptors (Lipinski definition) is 2. The van der Waals surface area contributed by atoms with Gasteiger partial charge < -0.3 is 10.8 Å². The van der Waals surface area contributed by atoms with Gasteiger partial charge in [0.2, 0.25) is 0 Å². The molecule has 96 valence electrons. The lowest BCUT2D eigenvalue weighted by atomic mass is 9.88. The maximum atomic E-state index is 8.81. The van der Waals surface area contributed by atoms with Gasteiger partial charge in [0.1, 0.15) is 0 Å². The highest BCUT2D eigenvalue weighted by atomic mass is 16.2. The molecule has 0 aliphatic carbocycles. The Bertz CT molecular complexity index is 359. The molecule has 1 aromatic rings. The van der Waals surface area contributed by atoms with Gasteiger partial charge >= 0.3 is 0 Å². The van der Waals surface area contributed by atoms with Crippen LogP contribution in [0.5, 0.6) is 0 Å². The van der Waals surface area contributed by atoms with Crippen molar-refractivity contribution in [3.8, 4) is 0 Å². The molecule has 17 heavy (non-hydrogen) atoms. The van der Waals surface area contributed by atoms with Crippen LogP contribution in [0, 0.1) is 27.7 Å². The molecule has 0 radical (unpaired) electrons. The third-order valence-corrected chi connectivity index (χ3v) is 3.72. The zero-order valence-corrected chi connectivity index (χ0v) is 11.5. The van der Waals surface area contributed by atoms with Crippen LogP contribution in [-0.2, 0) is 0 Å². The Morgan fingerprint density at radius 2 is 1.59 bits per heavy atom. The minimum atomic E-state index is 0.0974. The molecule has 0 fully saturated rings. The quantitative estimate of drug-likeness (QED) is 0.770. The first-order chi connectivity index (χ1) is 7.99. The van der Waals surface area contributed by atoms with E-state index in [1.54, 1.807) is 0 Å². The summed E-state index contributed by atoms with van der Waals surface area (Å²) in [6.45, 7) is 8.86. The number of aliphatic hydroxyl groups excluding tert-OH is 1. The smallest absolute Gasteiger partial charge is 0.0431 e. The van der Waals surface area contributed by atoms with Gasteiger partial charge in [-0.1, -0.05) is 6.07 Å². The molecule has 2 heteroatoms. The Labute approximate surface area is 105 Å². The Morgan fingerprint density at radius 1 is 1.06 bits per heavy atom. The monoisotopic (exact) mass is 235 g/mol. The zero-order chi connectivity index (χ0) is 13.0. The van der Waals surface area contributed by atoms with E-state index in [1.807, 2.05) is 0 Å². The van der Waals surface area contributed by atoms with Crippen LogP contribution >= 0.6 is 0 Å². The van der Waals surface area contributed by atoms with E-state index in [1.165, 1.54) is 27.8 Å². The van der Waals surface area contributed by atoms with E-state index in [4.69, 9.17) is 10.8 Å². The largest absolute Gasteiger partial charge is 0.396 e. The molecule has 0 heterocycles. The molecule has 3 N–H and O–H groups in total. The first kappa shape index (κ1) is 14.2. The van der Waals surface area contributed by atoms with Gasteiger partial charge in [-0.25, -0.2) is 0 Å². The van der Waals surface area contributed by atoms with E-state index in [-0.39, 0.29) is 12.6 Å². The maximum absolute atomic E-state index is 8.81. The summed E-state index contributed by atoms with van der Waals surface area (Å²) in [6, 6.07) is 2.33. The fourth-order valence-electron chi connectivity index (χ4n) is 2.42. The van der Waals surface area contributed by atoms with Crippen LogP contribution in [0.15, 0.2) is 6.07 Å². The predicted octanol–water partition coefficient (Wildman–Crippen LogP) is 3.08. The van der Waals surface area contributed by atoms with Crippen LogP contribution in [0.2, 0.25) is 0 Å². The molecule has 0 amide bonds. The highest BCUT2D eigenvalue weighted by molar-refractivity contribution is 5.45. The summed E-state index contributed by atoms with van der Waals surface area (Å²) in [5, 5.41) is 8.81. The first-order valence-corrected chi connectivity index (χ1v) is 6.42. The molecule has 0 spiro atoms. The van der Waals surface area contributed by atoms with Gasteiger partial charge in [0, 0.05) is 12.6 Å². The van der Waals surface area contributed by atoms with Crippen LogP contribution in [0.4, 0.5) is 0 Å². The SMILES string of the molecule is Cc1cc(C)c(C)c(C(N)CCCCO)c1C. The summed E-state index contributed by atoms with van der Waals surface area (Å²) < 4.78 is 0. The topological polar surface area (TPSA) is 46.2 Å². The summed E-state index contributed by atoms with van der Waals surface area (Å²) in [7, 11) is 0. The lowest BCUT2D eigenvalue weighted by molar-refractivity contribution is 0.281. The van der Waals surface area contributed by atoms with Crippen molar-refractivity contribution < 1.29 is 5.11 Å². The lowest BCUT2D eigenvalue weighted by Crippen LogP contribution is -2.15. The van der Waals surface area contributed by atoms with Gasteiger partial charge in [0.25, 0.3) is 0 Å². The first-order valence-electron chi connectivity index (χ1n) is 6.42. The van der Waals surface area contributed by atoms with Gasteiger partial charge in [-0.3, -0.25) is 0 Å². The van der Waals surface area contributed by atoms with E-state index in [0.717, 1.165) is 19.3 Å². The number of aliphatic hydroxyl groups is 1. The van der Waals surface area contributed by atoms with Crippen LogP contribution < -0.4 is 5.73 Å². The molecule has 0 aromatic heterocycles. The summed E-state index contributed by atoms with van der Waals surface area (Å²) in [5.74, 6) is 0. The fourth-order valence-corrected chi connectivity index (χ4v) is 2.42. The molecule has 1 rings (SSSR count). The number of aryl methyl sites for hydroxylation is 2. The van der Waals surface area contributed by atoms with Gasteiger partial charge in [-0.15, -0.1) is 0 Å². The van der Waals surface area contributed by atoms with Gasteiger partial charge in [-0.05, 0) is 74.8 Å². The molecule has 0 bridgehead atoms. The highest BCUT2D eigenvalue weighted by Crippen LogP contribution is 2.28. The van der Waals surface area contributed by atoms with E-state index in [2.05, 4.69) is 33.8 Å². The van der Waals surface area contributed by atoms with Crippen molar-refractivity contribution in [2.45, 2.75) is 53.0 Å². The predicted molar refractivity (Wildman–Crippen MR) is 73.3 cm³/mol. The van der Waals surface area contributed by atoms with Crippen molar-refractivity contribution >= 4 is 0 Å². The normalized spacial score (nSPS) is 12.8. The molecule has 2 nitrogen and oxygen atoms in total. The molecule has 0 aliphatic rings. The average Bonchev–Trinajstić information content (AvgIpc) is 2.27. The van der Waals surface area contributed by atoms with Crippen LogP contribution in [0.3, 0.4) is 0 Å². The van der Waals surface area contributed by atoms with Crippen molar-refractivity contribution in [2.24, 2.45) is 5.73 Å². The Morgan fingerprint density at radius 3 is 2.06 bits per heavy atom. The van der Waals surface area contributed by atoms with Crippen molar-refractivity contribution in [3.63, 3.8) is 0 Å². The lowest BCUT2D eigenvalue weighted by Gasteiger charge is -2.21. The Hall–Kier alpha value is -0.860. The van der Waals surface area contributed by atoms with Crippen molar-refractivity contribution in [3.05, 3.63) is 33.9 Å². The van der Waals surface area contributed by atoms with Crippen LogP contribution in [0.1, 0.15) is 53.1 Å². The standard InChI is InChI=1S/C15H25NO/c1-10-9-11(2)13(4)15(12(10)3)14(16)7-5-6-8-17/h9,14,17H,5-8,16H2,1-4H3. The van der Waals surface area contributed by atoms with Gasteiger partial charge in [0.15, 0.2) is 0 Å². The minimum absolute atomic E-state index is 0.0974. The average molecular weight is 235 g/mol. The van der Waals surface area contributed by atoms with Gasteiger partial charge in [0.05, 0.1) is 0 Å². The Balaban J connectivity index is 2.95. The van der Waals surface area contributed by atoms with Crippen molar-refractivity contribution in [1.29, 1.82) is 0 Å². The number of nitrogens with two attached hydrogens (primary N) is 1. The second-order valence-electron chi connectivity index (χ2n) is 5.00. The molecule has 1 aromatic carbocycles. The van der Waals surface area contributed by atoms with Crippen LogP contribution in [-0.4, -0.2) is 11.7 Å². The van der Waals surface area contributed by atoms with Gasteiger partial charge in [-0.2, -0.15) is 0 Å². The zero-order valence-electron chi connectivity index (χ0n) is 11.5. The third kappa shape index (κ3) is 3.30. The van der Waals surface area contributed by atoms with E-state index >= 15 is 0 Å². The van der Waals surface area contributed by atoms with E-state index in [9.17, 15) is 0 Å². The molecular formula is C15H25NO. The molecule has 0 aliphatic heterocycles. The highest BCUT2D eigenvalue weighted by Gasteiger charge is 2.14. The second-order valence-corrected chi connectivity index (χ2v) is 5.00. The summed E-state index contributed by atoms with van der Waals surface area (Å²) >= 11 is 0. The summed E-state index contributed by atoms with van der Waals surface area (Å²) in [6.07, 6.45) is 2.78. The number of benzene rings is 1. The second kappa shape index (κ2) is 6.18. The molecule has 1 atom stereocenters. The van der Waals surface area contributed by atoms with E-state index in [0.29, 0.717) is 0 Å². The van der Waals surface area contributed by atoms with Crippen molar-refractivity contribution in [1.82, 2.24) is 0 Å². The molecular weight excluding hydrogens is 210 g/mol. The van der Waals surface area contributed by atoms with Crippen LogP contribution in [0.25, 0.3) is 0 Å². The Kier molecular flexibility index (Phi) is 5.16. The van der Waals surface area contributed by atoms with Crippen molar-refractivity contribution in [2.75, 3.05) is 6.61 Å². The fraction of sp³-hybridized carbons (Fsp3) is 0.600. The minimum Gasteiger partial charge on any atom is -0.396 e. The molecule has 1 unspecified atom stereocenters. The number of hydrogen-bond donors (Lipinski definition) is 2.